The van der Waals surface area contributed by atoms with Crippen molar-refractivity contribution in [2.45, 2.75) is 20.5 Å². The van der Waals surface area contributed by atoms with Crippen LogP contribution in [0.4, 0.5) is 10.5 Å². The summed E-state index contributed by atoms with van der Waals surface area (Å²) in [7, 11) is 0. The Labute approximate surface area is 221 Å². The van der Waals surface area contributed by atoms with Gasteiger partial charge in [-0.2, -0.15) is 0 Å². The zero-order valence-corrected chi connectivity index (χ0v) is 22.2. The predicted octanol–water partition coefficient (Wildman–Crippen LogP) is 7.47. The Kier molecular flexibility index (Phi) is 7.85. The molecule has 1 heterocycles. The van der Waals surface area contributed by atoms with E-state index in [0.29, 0.717) is 40.3 Å². The van der Waals surface area contributed by atoms with Gasteiger partial charge in [-0.15, -0.1) is 0 Å². The molecular formula is C26H21ClINO4S. The van der Waals surface area contributed by atoms with E-state index in [9.17, 15) is 9.59 Å². The van der Waals surface area contributed by atoms with E-state index in [1.54, 1.807) is 30.3 Å². The number of nitrogens with zero attached hydrogens (tertiary/aromatic N) is 1. The highest BCUT2D eigenvalue weighted by atomic mass is 127. The maximum Gasteiger partial charge on any atom is 0.298 e. The molecule has 0 aliphatic carbocycles. The number of amides is 2. The normalized spacial score (nSPS) is 14.7. The van der Waals surface area contributed by atoms with Crippen molar-refractivity contribution in [3.63, 3.8) is 0 Å². The van der Waals surface area contributed by atoms with E-state index < -0.39 is 0 Å². The predicted molar refractivity (Wildman–Crippen MR) is 146 cm³/mol. The molecule has 0 radical (unpaired) electrons. The second kappa shape index (κ2) is 10.8. The van der Waals surface area contributed by atoms with E-state index in [-0.39, 0.29) is 11.1 Å². The number of aryl methyl sites for hydroxylation is 1. The SMILES string of the molecule is CCOc1cc(/C=C2/SC(=O)N(c3cccc(Cl)c3)C2=O)cc(I)c1OCc1cccc(C)c1. The molecule has 2 amide bonds. The van der Waals surface area contributed by atoms with Crippen molar-refractivity contribution in [2.75, 3.05) is 11.5 Å². The van der Waals surface area contributed by atoms with Crippen LogP contribution in [0.15, 0.2) is 65.6 Å². The number of carbonyl (C=O) groups excluding carboxylic acids is 2. The minimum absolute atomic E-state index is 0.330. The lowest BCUT2D eigenvalue weighted by molar-refractivity contribution is -0.113. The third-order valence-corrected chi connectivity index (χ3v) is 6.86. The zero-order chi connectivity index (χ0) is 24.2. The van der Waals surface area contributed by atoms with Crippen molar-refractivity contribution in [1.82, 2.24) is 0 Å². The first kappa shape index (κ1) is 24.6. The van der Waals surface area contributed by atoms with E-state index in [0.717, 1.165) is 31.4 Å². The monoisotopic (exact) mass is 605 g/mol. The summed E-state index contributed by atoms with van der Waals surface area (Å²) >= 11 is 9.13. The average Bonchev–Trinajstić information content (AvgIpc) is 3.06. The molecule has 0 N–H and O–H groups in total. The van der Waals surface area contributed by atoms with Crippen LogP contribution in [0.2, 0.25) is 5.02 Å². The molecule has 0 saturated carbocycles. The molecule has 8 heteroatoms. The summed E-state index contributed by atoms with van der Waals surface area (Å²) < 4.78 is 12.8. The van der Waals surface area contributed by atoms with Crippen LogP contribution < -0.4 is 14.4 Å². The molecule has 34 heavy (non-hydrogen) atoms. The molecule has 1 aliphatic rings. The maximum atomic E-state index is 13.0. The van der Waals surface area contributed by atoms with Gasteiger partial charge in [0.05, 0.1) is 20.8 Å². The first-order valence-corrected chi connectivity index (χ1v) is 12.8. The Morgan fingerprint density at radius 3 is 2.59 bits per heavy atom. The Hall–Kier alpha value is -2.49. The molecule has 1 saturated heterocycles. The summed E-state index contributed by atoms with van der Waals surface area (Å²) in [5.74, 6) is 0.848. The highest BCUT2D eigenvalue weighted by Gasteiger charge is 2.36. The Morgan fingerprint density at radius 1 is 1.06 bits per heavy atom. The molecule has 0 spiro atoms. The summed E-state index contributed by atoms with van der Waals surface area (Å²) in [5, 5.41) is 0.0917. The van der Waals surface area contributed by atoms with E-state index in [4.69, 9.17) is 21.1 Å². The van der Waals surface area contributed by atoms with Crippen molar-refractivity contribution in [1.29, 1.82) is 0 Å². The second-order valence-corrected chi connectivity index (χ2v) is 10.1. The Balaban J connectivity index is 1.60. The van der Waals surface area contributed by atoms with Gasteiger partial charge in [-0.05, 0) is 95.7 Å². The maximum absolute atomic E-state index is 13.0. The number of carbonyl (C=O) groups is 2. The summed E-state index contributed by atoms with van der Waals surface area (Å²) in [5.41, 5.74) is 3.43. The largest absolute Gasteiger partial charge is 0.490 e. The fourth-order valence-corrected chi connectivity index (χ4v) is 5.30. The number of ether oxygens (including phenoxy) is 2. The highest BCUT2D eigenvalue weighted by molar-refractivity contribution is 14.1. The molecule has 3 aromatic carbocycles. The second-order valence-electron chi connectivity index (χ2n) is 7.54. The lowest BCUT2D eigenvalue weighted by Crippen LogP contribution is -2.27. The molecule has 174 valence electrons. The van der Waals surface area contributed by atoms with Crippen molar-refractivity contribution in [3.8, 4) is 11.5 Å². The van der Waals surface area contributed by atoms with Gasteiger partial charge in [0, 0.05) is 5.02 Å². The van der Waals surface area contributed by atoms with Crippen LogP contribution in [-0.4, -0.2) is 17.8 Å². The van der Waals surface area contributed by atoms with Crippen molar-refractivity contribution in [2.24, 2.45) is 0 Å². The van der Waals surface area contributed by atoms with Crippen LogP contribution >= 0.6 is 46.0 Å². The van der Waals surface area contributed by atoms with Crippen molar-refractivity contribution in [3.05, 3.63) is 90.9 Å². The minimum atomic E-state index is -0.384. The number of anilines is 1. The van der Waals surface area contributed by atoms with Gasteiger partial charge in [-0.25, -0.2) is 4.90 Å². The average molecular weight is 606 g/mol. The molecular weight excluding hydrogens is 585 g/mol. The lowest BCUT2D eigenvalue weighted by Gasteiger charge is -2.15. The van der Waals surface area contributed by atoms with E-state index in [2.05, 4.69) is 28.7 Å². The molecule has 1 aliphatic heterocycles. The first-order chi connectivity index (χ1) is 16.4. The highest BCUT2D eigenvalue weighted by Crippen LogP contribution is 2.39. The number of hydrogen-bond acceptors (Lipinski definition) is 5. The standard InChI is InChI=1S/C26H21ClINO4S/c1-3-32-22-12-18(11-21(28)24(22)33-15-17-7-4-6-16(2)10-17)13-23-25(30)29(26(31)34-23)20-9-5-8-19(27)14-20/h4-14H,3,15H2,1-2H3/b23-13+. The van der Waals surface area contributed by atoms with E-state index in [1.165, 1.54) is 5.56 Å². The Bertz CT molecular complexity index is 1290. The van der Waals surface area contributed by atoms with Gasteiger partial charge in [0.1, 0.15) is 6.61 Å². The third-order valence-electron chi connectivity index (χ3n) is 4.96. The minimum Gasteiger partial charge on any atom is -0.490 e. The van der Waals surface area contributed by atoms with Crippen LogP contribution in [-0.2, 0) is 11.4 Å². The molecule has 0 atom stereocenters. The Morgan fingerprint density at radius 2 is 1.85 bits per heavy atom. The lowest BCUT2D eigenvalue weighted by atomic mass is 10.1. The topological polar surface area (TPSA) is 55.8 Å². The molecule has 4 rings (SSSR count). The molecule has 0 unspecified atom stereocenters. The van der Waals surface area contributed by atoms with Gasteiger partial charge >= 0.3 is 0 Å². The number of rotatable bonds is 7. The molecule has 0 aromatic heterocycles. The third kappa shape index (κ3) is 5.59. The fraction of sp³-hybridized carbons (Fsp3) is 0.154. The van der Waals surface area contributed by atoms with Crippen LogP contribution in [0.5, 0.6) is 11.5 Å². The summed E-state index contributed by atoms with van der Waals surface area (Å²) in [6.07, 6.45) is 1.70. The molecule has 0 bridgehead atoms. The van der Waals surface area contributed by atoms with Gasteiger partial charge in [0.25, 0.3) is 11.1 Å². The number of halogens is 2. The van der Waals surface area contributed by atoms with Crippen molar-refractivity contribution < 1.29 is 19.1 Å². The van der Waals surface area contributed by atoms with Gasteiger partial charge in [0.15, 0.2) is 11.5 Å². The van der Waals surface area contributed by atoms with Crippen LogP contribution in [0.25, 0.3) is 6.08 Å². The van der Waals surface area contributed by atoms with Crippen LogP contribution in [0.1, 0.15) is 23.6 Å². The van der Waals surface area contributed by atoms with E-state index in [1.807, 2.05) is 44.2 Å². The fourth-order valence-electron chi connectivity index (χ4n) is 3.49. The quantitative estimate of drug-likeness (QED) is 0.207. The smallest absolute Gasteiger partial charge is 0.298 e. The number of benzene rings is 3. The van der Waals surface area contributed by atoms with Crippen LogP contribution in [0.3, 0.4) is 0 Å². The van der Waals surface area contributed by atoms with Crippen LogP contribution in [0, 0.1) is 10.5 Å². The first-order valence-electron chi connectivity index (χ1n) is 10.5. The van der Waals surface area contributed by atoms with E-state index >= 15 is 0 Å². The number of hydrogen-bond donors (Lipinski definition) is 0. The van der Waals surface area contributed by atoms with Gasteiger partial charge in [-0.1, -0.05) is 47.5 Å². The number of imide groups is 1. The molecule has 1 fully saturated rings. The van der Waals surface area contributed by atoms with Gasteiger partial charge in [0.2, 0.25) is 0 Å². The van der Waals surface area contributed by atoms with Gasteiger partial charge < -0.3 is 9.47 Å². The summed E-state index contributed by atoms with van der Waals surface area (Å²) in [6, 6.07) is 18.5. The van der Waals surface area contributed by atoms with Gasteiger partial charge in [-0.3, -0.25) is 9.59 Å². The molecule has 3 aromatic rings. The summed E-state index contributed by atoms with van der Waals surface area (Å²) in [4.78, 5) is 27.0. The number of thioether (sulfide) groups is 1. The van der Waals surface area contributed by atoms with Crippen molar-refractivity contribution >= 4 is 68.9 Å². The zero-order valence-electron chi connectivity index (χ0n) is 18.5. The summed E-state index contributed by atoms with van der Waals surface area (Å²) in [6.45, 7) is 4.82. The molecule has 5 nitrogen and oxygen atoms in total.